The summed E-state index contributed by atoms with van der Waals surface area (Å²) in [5.74, 6) is 0.888. The van der Waals surface area contributed by atoms with Gasteiger partial charge >= 0.3 is 5.69 Å². The summed E-state index contributed by atoms with van der Waals surface area (Å²) in [4.78, 5) is 30.9. The lowest BCUT2D eigenvalue weighted by Gasteiger charge is -2.09. The first-order chi connectivity index (χ1) is 12.5. The van der Waals surface area contributed by atoms with Gasteiger partial charge in [-0.2, -0.15) is 10.1 Å². The zero-order chi connectivity index (χ0) is 18.7. The van der Waals surface area contributed by atoms with Crippen molar-refractivity contribution >= 4 is 23.3 Å². The number of hydrogen-bond donors (Lipinski definition) is 2. The van der Waals surface area contributed by atoms with Gasteiger partial charge in [0.05, 0.1) is 6.21 Å². The molecular formula is C18H22N6O2. The van der Waals surface area contributed by atoms with Crippen molar-refractivity contribution in [1.29, 1.82) is 0 Å². The number of aryl methyl sites for hydroxylation is 2. The largest absolute Gasteiger partial charge is 0.329 e. The van der Waals surface area contributed by atoms with Gasteiger partial charge in [-0.1, -0.05) is 44.2 Å². The summed E-state index contributed by atoms with van der Waals surface area (Å²) in [5.41, 5.74) is 3.61. The molecule has 0 saturated heterocycles. The van der Waals surface area contributed by atoms with Gasteiger partial charge in [0.25, 0.3) is 5.56 Å². The van der Waals surface area contributed by atoms with Gasteiger partial charge in [-0.25, -0.2) is 10.2 Å². The van der Waals surface area contributed by atoms with Gasteiger partial charge in [0.15, 0.2) is 11.2 Å². The van der Waals surface area contributed by atoms with Crippen LogP contribution in [0.15, 0.2) is 45.0 Å². The molecule has 2 N–H and O–H groups in total. The van der Waals surface area contributed by atoms with Gasteiger partial charge in [-0.3, -0.25) is 14.3 Å². The number of H-pyrrole nitrogens is 1. The summed E-state index contributed by atoms with van der Waals surface area (Å²) in [6.45, 7) is 4.82. The molecule has 3 aromatic rings. The van der Waals surface area contributed by atoms with E-state index in [4.69, 9.17) is 0 Å². The number of anilines is 1. The highest BCUT2D eigenvalue weighted by molar-refractivity contribution is 5.80. The standard InChI is InChI=1S/C18H22N6O2/c1-12(2)9-10-24-14-15(23(3)18(26)21-16(14)25)20-17(24)22-19-11-13-7-5-4-6-8-13/h4-8,11-12H,9-10H2,1-3H3,(H,20,22)(H,21,25,26)/b19-11+. The third-order valence-electron chi connectivity index (χ3n) is 4.11. The number of rotatable bonds is 6. The van der Waals surface area contributed by atoms with E-state index in [1.54, 1.807) is 17.8 Å². The Kier molecular flexibility index (Phi) is 5.01. The molecule has 1 aromatic carbocycles. The second kappa shape index (κ2) is 7.38. The molecule has 0 atom stereocenters. The van der Waals surface area contributed by atoms with Crippen molar-refractivity contribution in [2.24, 2.45) is 18.1 Å². The average molecular weight is 354 g/mol. The van der Waals surface area contributed by atoms with E-state index in [0.717, 1.165) is 12.0 Å². The lowest BCUT2D eigenvalue weighted by molar-refractivity contribution is 0.524. The number of benzene rings is 1. The Bertz CT molecular complexity index is 1040. The Morgan fingerprint density at radius 3 is 2.69 bits per heavy atom. The van der Waals surface area contributed by atoms with Crippen LogP contribution in [0.5, 0.6) is 0 Å². The van der Waals surface area contributed by atoms with Crippen LogP contribution in [-0.2, 0) is 13.6 Å². The second-order valence-corrected chi connectivity index (χ2v) is 6.54. The molecule has 2 aromatic heterocycles. The first-order valence-corrected chi connectivity index (χ1v) is 8.51. The minimum atomic E-state index is -0.490. The quantitative estimate of drug-likeness (QED) is 0.522. The van der Waals surface area contributed by atoms with Gasteiger partial charge in [-0.05, 0) is 17.9 Å². The summed E-state index contributed by atoms with van der Waals surface area (Å²) < 4.78 is 3.10. The highest BCUT2D eigenvalue weighted by atomic mass is 16.2. The number of aromatic amines is 1. The van der Waals surface area contributed by atoms with Gasteiger partial charge < -0.3 is 4.57 Å². The summed E-state index contributed by atoms with van der Waals surface area (Å²) >= 11 is 0. The van der Waals surface area contributed by atoms with Crippen molar-refractivity contribution in [3.63, 3.8) is 0 Å². The number of nitrogens with zero attached hydrogens (tertiary/aromatic N) is 4. The average Bonchev–Trinajstić information content (AvgIpc) is 2.98. The van der Waals surface area contributed by atoms with Gasteiger partial charge in [0.2, 0.25) is 5.95 Å². The van der Waals surface area contributed by atoms with E-state index in [0.29, 0.717) is 29.6 Å². The third kappa shape index (κ3) is 3.58. The zero-order valence-corrected chi connectivity index (χ0v) is 15.1. The van der Waals surface area contributed by atoms with E-state index in [1.165, 1.54) is 4.57 Å². The minimum Gasteiger partial charge on any atom is -0.303 e. The summed E-state index contributed by atoms with van der Waals surface area (Å²) in [5, 5.41) is 4.22. The molecule has 0 amide bonds. The Morgan fingerprint density at radius 2 is 2.00 bits per heavy atom. The van der Waals surface area contributed by atoms with Crippen LogP contribution in [0.25, 0.3) is 11.2 Å². The number of imidazole rings is 1. The molecule has 0 aliphatic heterocycles. The highest BCUT2D eigenvalue weighted by Gasteiger charge is 2.17. The highest BCUT2D eigenvalue weighted by Crippen LogP contribution is 2.17. The fraction of sp³-hybridized carbons (Fsp3) is 0.333. The lowest BCUT2D eigenvalue weighted by Crippen LogP contribution is -2.29. The molecule has 0 aliphatic rings. The normalized spacial score (nSPS) is 11.7. The maximum atomic E-state index is 12.3. The smallest absolute Gasteiger partial charge is 0.303 e. The van der Waals surface area contributed by atoms with Crippen molar-refractivity contribution in [2.45, 2.75) is 26.8 Å². The molecule has 2 heterocycles. The lowest BCUT2D eigenvalue weighted by atomic mass is 10.1. The van der Waals surface area contributed by atoms with E-state index < -0.39 is 11.2 Å². The monoisotopic (exact) mass is 354 g/mol. The number of aromatic nitrogens is 4. The Hall–Kier alpha value is -3.16. The number of nitrogens with one attached hydrogen (secondary N) is 2. The molecule has 0 saturated carbocycles. The third-order valence-corrected chi connectivity index (χ3v) is 4.11. The molecule has 26 heavy (non-hydrogen) atoms. The fourth-order valence-electron chi connectivity index (χ4n) is 2.63. The maximum absolute atomic E-state index is 12.3. The van der Waals surface area contributed by atoms with Crippen LogP contribution < -0.4 is 16.7 Å². The molecule has 8 heteroatoms. The minimum absolute atomic E-state index is 0.333. The topological polar surface area (TPSA) is 97.1 Å². The molecule has 0 unspecified atom stereocenters. The Balaban J connectivity index is 2.02. The second-order valence-electron chi connectivity index (χ2n) is 6.54. The van der Waals surface area contributed by atoms with Crippen molar-refractivity contribution < 1.29 is 0 Å². The molecule has 0 bridgehead atoms. The van der Waals surface area contributed by atoms with Crippen LogP contribution in [0.2, 0.25) is 0 Å². The molecule has 8 nitrogen and oxygen atoms in total. The van der Waals surface area contributed by atoms with Crippen LogP contribution in [0.1, 0.15) is 25.8 Å². The Morgan fingerprint density at radius 1 is 1.27 bits per heavy atom. The molecule has 0 spiro atoms. The van der Waals surface area contributed by atoms with Crippen LogP contribution in [-0.4, -0.2) is 25.3 Å². The van der Waals surface area contributed by atoms with Crippen LogP contribution in [0.3, 0.4) is 0 Å². The van der Waals surface area contributed by atoms with Crippen LogP contribution >= 0.6 is 0 Å². The van der Waals surface area contributed by atoms with E-state index in [2.05, 4.69) is 34.3 Å². The van der Waals surface area contributed by atoms with E-state index in [-0.39, 0.29) is 0 Å². The van der Waals surface area contributed by atoms with E-state index in [9.17, 15) is 9.59 Å². The SMILES string of the molecule is CC(C)CCn1c(N/N=C/c2ccccc2)nc2c1c(=O)[nH]c(=O)n2C. The number of fused-ring (bicyclic) bond motifs is 1. The summed E-state index contributed by atoms with van der Waals surface area (Å²) in [6, 6.07) is 9.65. The number of hydrogen-bond acceptors (Lipinski definition) is 5. The first kappa shape index (κ1) is 17.7. The van der Waals surface area contributed by atoms with Crippen LogP contribution in [0, 0.1) is 5.92 Å². The van der Waals surface area contributed by atoms with Crippen molar-refractivity contribution in [3.05, 3.63) is 56.7 Å². The summed E-state index contributed by atoms with van der Waals surface area (Å²) in [7, 11) is 1.58. The fourth-order valence-corrected chi connectivity index (χ4v) is 2.63. The molecule has 0 radical (unpaired) electrons. The van der Waals surface area contributed by atoms with Crippen molar-refractivity contribution in [3.8, 4) is 0 Å². The van der Waals surface area contributed by atoms with Gasteiger partial charge in [0, 0.05) is 13.6 Å². The van der Waals surface area contributed by atoms with Crippen LogP contribution in [0.4, 0.5) is 5.95 Å². The molecule has 0 fully saturated rings. The van der Waals surface area contributed by atoms with Crippen molar-refractivity contribution in [2.75, 3.05) is 5.43 Å². The van der Waals surface area contributed by atoms with Gasteiger partial charge in [-0.15, -0.1) is 0 Å². The first-order valence-electron chi connectivity index (χ1n) is 8.51. The molecule has 136 valence electrons. The molecule has 3 rings (SSSR count). The maximum Gasteiger partial charge on any atom is 0.329 e. The number of hydrazone groups is 1. The van der Waals surface area contributed by atoms with Gasteiger partial charge in [0.1, 0.15) is 0 Å². The van der Waals surface area contributed by atoms with E-state index >= 15 is 0 Å². The predicted octanol–water partition coefficient (Wildman–Crippen LogP) is 1.92. The van der Waals surface area contributed by atoms with Crippen molar-refractivity contribution in [1.82, 2.24) is 19.1 Å². The zero-order valence-electron chi connectivity index (χ0n) is 15.1. The molecule has 0 aliphatic carbocycles. The molecular weight excluding hydrogens is 332 g/mol. The Labute approximate surface area is 150 Å². The van der Waals surface area contributed by atoms with E-state index in [1.807, 2.05) is 30.3 Å². The summed E-state index contributed by atoms with van der Waals surface area (Å²) in [6.07, 6.45) is 2.54. The predicted molar refractivity (Wildman–Crippen MR) is 103 cm³/mol.